The van der Waals surface area contributed by atoms with Gasteiger partial charge in [0.25, 0.3) is 5.91 Å². The second-order valence-electron chi connectivity index (χ2n) is 8.11. The number of amides is 1. The maximum absolute atomic E-state index is 13.0. The standard InChI is InChI=1S/C25H27N3O7S/c1-3-27-16-21(25(31)35-4-2)23(29)20-15-18(7-10-22(20)27)26-24(30)17-5-8-19(9-6-17)36(32,33)28-11-13-34-14-12-28/h5-10,15-16H,3-4,11-14H2,1-2H3,(H,26,30). The lowest BCUT2D eigenvalue weighted by Crippen LogP contribution is -2.40. The summed E-state index contributed by atoms with van der Waals surface area (Å²) in [5, 5.41) is 3.00. The molecule has 1 aromatic heterocycles. The van der Waals surface area contributed by atoms with Crippen LogP contribution in [-0.2, 0) is 26.0 Å². The van der Waals surface area contributed by atoms with Crippen LogP contribution in [0.5, 0.6) is 0 Å². The average Bonchev–Trinajstić information content (AvgIpc) is 2.90. The van der Waals surface area contributed by atoms with Gasteiger partial charge >= 0.3 is 5.97 Å². The van der Waals surface area contributed by atoms with Crippen LogP contribution in [0, 0.1) is 0 Å². The van der Waals surface area contributed by atoms with Crippen LogP contribution in [0.4, 0.5) is 5.69 Å². The van der Waals surface area contributed by atoms with Gasteiger partial charge in [-0.2, -0.15) is 4.31 Å². The average molecular weight is 514 g/mol. The molecule has 0 radical (unpaired) electrons. The van der Waals surface area contributed by atoms with Crippen molar-refractivity contribution in [3.63, 3.8) is 0 Å². The van der Waals surface area contributed by atoms with Crippen molar-refractivity contribution in [2.45, 2.75) is 25.3 Å². The Labute approximate surface area is 208 Å². The number of rotatable bonds is 7. The summed E-state index contributed by atoms with van der Waals surface area (Å²) in [4.78, 5) is 38.2. The van der Waals surface area contributed by atoms with Crippen molar-refractivity contribution >= 4 is 38.5 Å². The Morgan fingerprint density at radius 1 is 1.06 bits per heavy atom. The number of ether oxygens (including phenoxy) is 2. The summed E-state index contributed by atoms with van der Waals surface area (Å²) in [6.45, 7) is 5.47. The van der Waals surface area contributed by atoms with E-state index in [1.807, 2.05) is 6.92 Å². The smallest absolute Gasteiger partial charge is 0.343 e. The lowest BCUT2D eigenvalue weighted by Gasteiger charge is -2.26. The minimum absolute atomic E-state index is 0.0771. The number of fused-ring (bicyclic) bond motifs is 1. The third kappa shape index (κ3) is 5.03. The highest BCUT2D eigenvalue weighted by molar-refractivity contribution is 7.89. The number of aryl methyl sites for hydroxylation is 1. The quantitative estimate of drug-likeness (QED) is 0.481. The number of esters is 1. The molecule has 1 aliphatic rings. The molecule has 0 aliphatic carbocycles. The highest BCUT2D eigenvalue weighted by atomic mass is 32.2. The van der Waals surface area contributed by atoms with Crippen molar-refractivity contribution in [2.75, 3.05) is 38.2 Å². The monoisotopic (exact) mass is 513 g/mol. The normalized spacial score (nSPS) is 14.5. The predicted molar refractivity (Wildman–Crippen MR) is 134 cm³/mol. The van der Waals surface area contributed by atoms with E-state index in [-0.39, 0.29) is 41.1 Å². The third-order valence-electron chi connectivity index (χ3n) is 5.90. The Hall–Kier alpha value is -3.54. The zero-order chi connectivity index (χ0) is 25.9. The summed E-state index contributed by atoms with van der Waals surface area (Å²) in [7, 11) is -3.67. The van der Waals surface area contributed by atoms with Crippen molar-refractivity contribution in [2.24, 2.45) is 0 Å². The van der Waals surface area contributed by atoms with Crippen LogP contribution in [0.25, 0.3) is 10.9 Å². The largest absolute Gasteiger partial charge is 0.462 e. The zero-order valence-corrected chi connectivity index (χ0v) is 20.8. The Balaban J connectivity index is 1.59. The molecule has 11 heteroatoms. The van der Waals surface area contributed by atoms with E-state index in [1.165, 1.54) is 40.8 Å². The SMILES string of the molecule is CCOC(=O)c1cn(CC)c2ccc(NC(=O)c3ccc(S(=O)(=O)N4CCOCC4)cc3)cc2c1=O. The molecule has 1 N–H and O–H groups in total. The summed E-state index contributed by atoms with van der Waals surface area (Å²) in [5.74, 6) is -1.17. The van der Waals surface area contributed by atoms with Gasteiger partial charge in [-0.3, -0.25) is 9.59 Å². The molecular weight excluding hydrogens is 486 g/mol. The van der Waals surface area contributed by atoms with Crippen molar-refractivity contribution < 1.29 is 27.5 Å². The van der Waals surface area contributed by atoms with E-state index in [1.54, 1.807) is 23.6 Å². The van der Waals surface area contributed by atoms with Crippen LogP contribution in [-0.4, -0.2) is 62.1 Å². The minimum Gasteiger partial charge on any atom is -0.462 e. The fourth-order valence-corrected chi connectivity index (χ4v) is 5.42. The number of pyridine rings is 1. The molecule has 36 heavy (non-hydrogen) atoms. The Morgan fingerprint density at radius 2 is 1.75 bits per heavy atom. The Bertz CT molecular complexity index is 1460. The van der Waals surface area contributed by atoms with Crippen LogP contribution < -0.4 is 10.7 Å². The van der Waals surface area contributed by atoms with Gasteiger partial charge in [0.15, 0.2) is 0 Å². The Morgan fingerprint density at radius 3 is 2.39 bits per heavy atom. The number of carbonyl (C=O) groups is 2. The number of carbonyl (C=O) groups excluding carboxylic acids is 2. The molecule has 10 nitrogen and oxygen atoms in total. The van der Waals surface area contributed by atoms with E-state index in [0.717, 1.165) is 0 Å². The van der Waals surface area contributed by atoms with Gasteiger partial charge in [0.1, 0.15) is 5.56 Å². The molecule has 3 aromatic rings. The molecule has 1 aliphatic heterocycles. The number of aromatic nitrogens is 1. The molecule has 2 aromatic carbocycles. The first-order valence-corrected chi connectivity index (χ1v) is 13.0. The second kappa shape index (κ2) is 10.6. The molecule has 0 spiro atoms. The van der Waals surface area contributed by atoms with Crippen molar-refractivity contribution in [3.05, 3.63) is 70.0 Å². The molecule has 0 unspecified atom stereocenters. The number of sulfonamides is 1. The Kier molecular flexibility index (Phi) is 7.53. The van der Waals surface area contributed by atoms with Crippen LogP contribution in [0.1, 0.15) is 34.6 Å². The van der Waals surface area contributed by atoms with Gasteiger partial charge in [-0.15, -0.1) is 0 Å². The first-order valence-electron chi connectivity index (χ1n) is 11.6. The zero-order valence-electron chi connectivity index (χ0n) is 20.0. The van der Waals surface area contributed by atoms with Gasteiger partial charge in [-0.1, -0.05) is 0 Å². The summed E-state index contributed by atoms with van der Waals surface area (Å²) >= 11 is 0. The maximum atomic E-state index is 13.0. The van der Waals surface area contributed by atoms with Crippen LogP contribution >= 0.6 is 0 Å². The molecule has 1 saturated heterocycles. The van der Waals surface area contributed by atoms with Gasteiger partial charge in [-0.25, -0.2) is 13.2 Å². The van der Waals surface area contributed by atoms with Gasteiger partial charge < -0.3 is 19.4 Å². The lowest BCUT2D eigenvalue weighted by molar-refractivity contribution is 0.0524. The molecule has 0 atom stereocenters. The van der Waals surface area contributed by atoms with Gasteiger partial charge in [0.05, 0.1) is 30.2 Å². The second-order valence-corrected chi connectivity index (χ2v) is 10.0. The van der Waals surface area contributed by atoms with Gasteiger partial charge in [-0.05, 0) is 56.3 Å². The van der Waals surface area contributed by atoms with E-state index >= 15 is 0 Å². The molecule has 0 saturated carbocycles. The molecule has 1 fully saturated rings. The van der Waals surface area contributed by atoms with Crippen molar-refractivity contribution in [1.29, 1.82) is 0 Å². The molecule has 4 rings (SSSR count). The molecule has 2 heterocycles. The van der Waals surface area contributed by atoms with Crippen LogP contribution in [0.2, 0.25) is 0 Å². The third-order valence-corrected chi connectivity index (χ3v) is 7.81. The van der Waals surface area contributed by atoms with E-state index in [9.17, 15) is 22.8 Å². The highest BCUT2D eigenvalue weighted by Gasteiger charge is 2.26. The summed E-state index contributed by atoms with van der Waals surface area (Å²) < 4.78 is 38.9. The van der Waals surface area contributed by atoms with E-state index in [0.29, 0.717) is 31.0 Å². The predicted octanol–water partition coefficient (Wildman–Crippen LogP) is 2.47. The number of nitrogens with one attached hydrogen (secondary N) is 1. The first kappa shape index (κ1) is 25.5. The molecule has 0 bridgehead atoms. The first-order chi connectivity index (χ1) is 17.3. The van der Waals surface area contributed by atoms with E-state index in [2.05, 4.69) is 5.32 Å². The number of morpholine rings is 1. The van der Waals surface area contributed by atoms with E-state index in [4.69, 9.17) is 9.47 Å². The summed E-state index contributed by atoms with van der Waals surface area (Å²) in [6, 6.07) is 10.5. The fraction of sp³-hybridized carbons (Fsp3) is 0.320. The van der Waals surface area contributed by atoms with Crippen molar-refractivity contribution in [3.8, 4) is 0 Å². The topological polar surface area (TPSA) is 124 Å². The molecular formula is C25H27N3O7S. The van der Waals surface area contributed by atoms with Crippen LogP contribution in [0.3, 0.4) is 0 Å². The van der Waals surface area contributed by atoms with Gasteiger partial charge in [0, 0.05) is 42.5 Å². The number of hydrogen-bond donors (Lipinski definition) is 1. The van der Waals surface area contributed by atoms with E-state index < -0.39 is 27.3 Å². The van der Waals surface area contributed by atoms with Crippen molar-refractivity contribution in [1.82, 2.24) is 8.87 Å². The highest BCUT2D eigenvalue weighted by Crippen LogP contribution is 2.21. The molecule has 190 valence electrons. The minimum atomic E-state index is -3.67. The summed E-state index contributed by atoms with van der Waals surface area (Å²) in [5.41, 5.74) is 0.667. The van der Waals surface area contributed by atoms with Gasteiger partial charge in [0.2, 0.25) is 15.5 Å². The summed E-state index contributed by atoms with van der Waals surface area (Å²) in [6.07, 6.45) is 1.48. The number of nitrogens with zero attached hydrogens (tertiary/aromatic N) is 2. The molecule has 1 amide bonds. The maximum Gasteiger partial charge on any atom is 0.343 e. The fourth-order valence-electron chi connectivity index (χ4n) is 4.01. The van der Waals surface area contributed by atoms with Crippen LogP contribution in [0.15, 0.2) is 58.4 Å². The number of anilines is 1. The number of benzene rings is 2. The lowest BCUT2D eigenvalue weighted by atomic mass is 10.1. The number of hydrogen-bond acceptors (Lipinski definition) is 7.